The normalized spacial score (nSPS) is 10.0. The van der Waals surface area contributed by atoms with E-state index in [1.165, 1.54) is 0 Å². The van der Waals surface area contributed by atoms with E-state index in [-0.39, 0.29) is 13.2 Å². The van der Waals surface area contributed by atoms with Gasteiger partial charge in [-0.2, -0.15) is 0 Å². The highest BCUT2D eigenvalue weighted by atomic mass is 16.6. The third kappa shape index (κ3) is 5.70. The molecule has 0 aromatic heterocycles. The van der Waals surface area contributed by atoms with Crippen molar-refractivity contribution in [3.05, 3.63) is 36.4 Å². The van der Waals surface area contributed by atoms with Crippen LogP contribution in [0.25, 0.3) is 0 Å². The molecule has 2 aromatic carbocycles. The second kappa shape index (κ2) is 9.18. The molecule has 2 amide bonds. The summed E-state index contributed by atoms with van der Waals surface area (Å²) in [5.41, 5.74) is 13.3. The Morgan fingerprint density at radius 3 is 1.56 bits per heavy atom. The number of anilines is 4. The maximum absolute atomic E-state index is 11.5. The van der Waals surface area contributed by atoms with Crippen molar-refractivity contribution in [1.82, 2.24) is 0 Å². The van der Waals surface area contributed by atoms with Crippen LogP contribution in [0.15, 0.2) is 36.4 Å². The maximum atomic E-state index is 11.5. The van der Waals surface area contributed by atoms with Crippen LogP contribution in [0.4, 0.5) is 32.3 Å². The highest BCUT2D eigenvalue weighted by Gasteiger charge is 2.09. The first-order valence-corrected chi connectivity index (χ1v) is 8.27. The van der Waals surface area contributed by atoms with Gasteiger partial charge in [-0.25, -0.2) is 9.59 Å². The van der Waals surface area contributed by atoms with Crippen molar-refractivity contribution in [1.29, 1.82) is 0 Å². The number of ether oxygens (including phenoxy) is 3. The molecule has 0 fully saturated rings. The number of rotatable bonds is 6. The number of nitrogen functional groups attached to an aromatic ring is 2. The topological polar surface area (TPSA) is 138 Å². The van der Waals surface area contributed by atoms with Crippen LogP contribution < -0.4 is 26.8 Å². The average Bonchev–Trinajstić information content (AvgIpc) is 2.60. The lowest BCUT2D eigenvalue weighted by Crippen LogP contribution is -2.14. The summed E-state index contributed by atoms with van der Waals surface area (Å²) in [6.45, 7) is 3.93. The predicted molar refractivity (Wildman–Crippen MR) is 103 cm³/mol. The van der Waals surface area contributed by atoms with E-state index in [4.69, 9.17) is 25.7 Å². The fourth-order valence-electron chi connectivity index (χ4n) is 2.13. The Bertz CT molecular complexity index is 758. The molecular formula is C18H22N4O5. The van der Waals surface area contributed by atoms with Crippen LogP contribution in [0.3, 0.4) is 0 Å². The van der Waals surface area contributed by atoms with Gasteiger partial charge in [0.2, 0.25) is 0 Å². The van der Waals surface area contributed by atoms with Crippen LogP contribution in [0.2, 0.25) is 0 Å². The highest BCUT2D eigenvalue weighted by Crippen LogP contribution is 2.31. The molecule has 0 spiro atoms. The van der Waals surface area contributed by atoms with E-state index in [1.807, 2.05) is 0 Å². The molecule has 0 aliphatic carbocycles. The summed E-state index contributed by atoms with van der Waals surface area (Å²) >= 11 is 0. The summed E-state index contributed by atoms with van der Waals surface area (Å²) in [5, 5.41) is 5.07. The van der Waals surface area contributed by atoms with Gasteiger partial charge < -0.3 is 25.7 Å². The Morgan fingerprint density at radius 1 is 0.815 bits per heavy atom. The van der Waals surface area contributed by atoms with Crippen molar-refractivity contribution < 1.29 is 23.8 Å². The van der Waals surface area contributed by atoms with Gasteiger partial charge in [-0.1, -0.05) is 0 Å². The minimum atomic E-state index is -0.588. The van der Waals surface area contributed by atoms with Crippen molar-refractivity contribution in [3.8, 4) is 11.5 Å². The molecule has 2 rings (SSSR count). The second-order valence-corrected chi connectivity index (χ2v) is 5.29. The molecular weight excluding hydrogens is 352 g/mol. The first-order chi connectivity index (χ1) is 12.9. The molecule has 6 N–H and O–H groups in total. The van der Waals surface area contributed by atoms with E-state index in [2.05, 4.69) is 10.6 Å². The minimum absolute atomic E-state index is 0.259. The van der Waals surface area contributed by atoms with Crippen LogP contribution in [0, 0.1) is 0 Å². The molecule has 2 aromatic rings. The van der Waals surface area contributed by atoms with Crippen molar-refractivity contribution in [2.24, 2.45) is 0 Å². The number of hydrogen-bond donors (Lipinski definition) is 4. The van der Waals surface area contributed by atoms with Gasteiger partial charge >= 0.3 is 12.2 Å². The summed E-state index contributed by atoms with van der Waals surface area (Å²) in [7, 11) is 0. The summed E-state index contributed by atoms with van der Waals surface area (Å²) in [6.07, 6.45) is -1.18. The van der Waals surface area contributed by atoms with Crippen molar-refractivity contribution >= 4 is 34.9 Å². The molecule has 0 saturated heterocycles. The smallest absolute Gasteiger partial charge is 0.411 e. The minimum Gasteiger partial charge on any atom is -0.457 e. The molecule has 0 aliphatic rings. The number of hydrogen-bond acceptors (Lipinski definition) is 7. The summed E-state index contributed by atoms with van der Waals surface area (Å²) < 4.78 is 15.3. The van der Waals surface area contributed by atoms with Crippen LogP contribution in [0.1, 0.15) is 13.8 Å². The Kier molecular flexibility index (Phi) is 6.70. The molecule has 27 heavy (non-hydrogen) atoms. The molecule has 9 heteroatoms. The largest absolute Gasteiger partial charge is 0.457 e. The lowest BCUT2D eigenvalue weighted by atomic mass is 10.2. The van der Waals surface area contributed by atoms with Gasteiger partial charge in [-0.15, -0.1) is 0 Å². The number of carbonyl (C=O) groups excluding carboxylic acids is 2. The number of benzene rings is 2. The second-order valence-electron chi connectivity index (χ2n) is 5.29. The van der Waals surface area contributed by atoms with Crippen LogP contribution in [-0.2, 0) is 9.47 Å². The average molecular weight is 374 g/mol. The van der Waals surface area contributed by atoms with E-state index in [0.717, 1.165) is 0 Å². The molecule has 0 saturated carbocycles. The lowest BCUT2D eigenvalue weighted by Gasteiger charge is -2.12. The van der Waals surface area contributed by atoms with Crippen molar-refractivity contribution in [2.75, 3.05) is 35.3 Å². The summed E-state index contributed by atoms with van der Waals surface area (Å²) in [5.74, 6) is 0.903. The van der Waals surface area contributed by atoms with Gasteiger partial charge in [-0.3, -0.25) is 10.6 Å². The van der Waals surface area contributed by atoms with Crippen LogP contribution >= 0.6 is 0 Å². The fourth-order valence-corrected chi connectivity index (χ4v) is 2.13. The number of carbonyl (C=O) groups is 2. The zero-order valence-electron chi connectivity index (χ0n) is 15.1. The standard InChI is InChI=1S/C18H22N4O5/c1-3-25-17(23)21-15-7-5-11(9-13(15)19)27-12-6-8-16(14(20)10-12)22-18(24)26-4-2/h5-10H,3-4,19-20H2,1-2H3,(H,21,23)(H,22,24). The maximum Gasteiger partial charge on any atom is 0.411 e. The third-order valence-corrected chi connectivity index (χ3v) is 3.31. The summed E-state index contributed by atoms with van der Waals surface area (Å²) in [4.78, 5) is 22.9. The highest BCUT2D eigenvalue weighted by molar-refractivity contribution is 5.90. The monoisotopic (exact) mass is 374 g/mol. The van der Waals surface area contributed by atoms with E-state index in [0.29, 0.717) is 34.2 Å². The Balaban J connectivity index is 2.06. The Morgan fingerprint density at radius 2 is 1.22 bits per heavy atom. The zero-order valence-corrected chi connectivity index (χ0v) is 15.1. The predicted octanol–water partition coefficient (Wildman–Crippen LogP) is 3.78. The van der Waals surface area contributed by atoms with Gasteiger partial charge in [0, 0.05) is 12.1 Å². The number of amides is 2. The number of nitrogens with one attached hydrogen (secondary N) is 2. The van der Waals surface area contributed by atoms with E-state index in [1.54, 1.807) is 50.2 Å². The first kappa shape index (κ1) is 19.7. The quantitative estimate of drug-likeness (QED) is 0.564. The molecule has 144 valence electrons. The molecule has 0 atom stereocenters. The zero-order chi connectivity index (χ0) is 19.8. The molecule has 0 radical (unpaired) electrons. The van der Waals surface area contributed by atoms with E-state index >= 15 is 0 Å². The van der Waals surface area contributed by atoms with Gasteiger partial charge in [0.15, 0.2) is 0 Å². The van der Waals surface area contributed by atoms with Gasteiger partial charge in [0.25, 0.3) is 0 Å². The number of nitrogens with two attached hydrogens (primary N) is 2. The fraction of sp³-hybridized carbons (Fsp3) is 0.222. The van der Waals surface area contributed by atoms with Gasteiger partial charge in [-0.05, 0) is 38.1 Å². The SMILES string of the molecule is CCOC(=O)Nc1ccc(Oc2ccc(NC(=O)OCC)c(N)c2)cc1N. The van der Waals surface area contributed by atoms with Gasteiger partial charge in [0.1, 0.15) is 11.5 Å². The summed E-state index contributed by atoms with van der Waals surface area (Å²) in [6, 6.07) is 9.59. The molecule has 0 bridgehead atoms. The van der Waals surface area contributed by atoms with Gasteiger partial charge in [0.05, 0.1) is 36.0 Å². The molecule has 0 unspecified atom stereocenters. The molecule has 9 nitrogen and oxygen atoms in total. The Labute approximate surface area is 156 Å². The molecule has 0 heterocycles. The first-order valence-electron chi connectivity index (χ1n) is 8.27. The third-order valence-electron chi connectivity index (χ3n) is 3.31. The lowest BCUT2D eigenvalue weighted by molar-refractivity contribution is 0.167. The van der Waals surface area contributed by atoms with E-state index in [9.17, 15) is 9.59 Å². The van der Waals surface area contributed by atoms with Crippen molar-refractivity contribution in [2.45, 2.75) is 13.8 Å². The van der Waals surface area contributed by atoms with Crippen LogP contribution in [-0.4, -0.2) is 25.4 Å². The Hall–Kier alpha value is -3.62. The van der Waals surface area contributed by atoms with Crippen LogP contribution in [0.5, 0.6) is 11.5 Å². The molecule has 0 aliphatic heterocycles. The van der Waals surface area contributed by atoms with E-state index < -0.39 is 12.2 Å². The van der Waals surface area contributed by atoms with Crippen molar-refractivity contribution in [3.63, 3.8) is 0 Å².